The fraction of sp³-hybridized carbons (Fsp3) is 0.250. The van der Waals surface area contributed by atoms with Crippen molar-refractivity contribution in [3.63, 3.8) is 0 Å². The van der Waals surface area contributed by atoms with Crippen LogP contribution in [0, 0.1) is 0 Å². The molecule has 0 bridgehead atoms. The van der Waals surface area contributed by atoms with Crippen LogP contribution in [0.1, 0.15) is 0 Å². The van der Waals surface area contributed by atoms with E-state index in [1.807, 2.05) is 10.6 Å². The van der Waals surface area contributed by atoms with Crippen molar-refractivity contribution >= 4 is 47.5 Å². The van der Waals surface area contributed by atoms with Crippen LogP contribution >= 0.6 is 0 Å². The van der Waals surface area contributed by atoms with Crippen LogP contribution in [0.25, 0.3) is 0 Å². The summed E-state index contributed by atoms with van der Waals surface area (Å²) in [5.41, 5.74) is 4.70. The Morgan fingerprint density at radius 3 is 2.42 bits per heavy atom. The van der Waals surface area contributed by atoms with Crippen molar-refractivity contribution in [1.82, 2.24) is 16.0 Å². The van der Waals surface area contributed by atoms with Crippen molar-refractivity contribution in [2.24, 2.45) is 5.73 Å². The molecule has 0 aliphatic carbocycles. The van der Waals surface area contributed by atoms with Crippen LogP contribution in [0.5, 0.6) is 0 Å². The van der Waals surface area contributed by atoms with Crippen LogP contribution in [0.4, 0.5) is 9.59 Å². The Bertz CT molecular complexity index is 230. The normalized spacial score (nSPS) is 20.5. The maximum absolute atomic E-state index is 10.7. The second-order valence-electron chi connectivity index (χ2n) is 1.90. The predicted octanol–water partition coefficient (Wildman–Crippen LogP) is -2.83. The van der Waals surface area contributed by atoms with E-state index in [1.165, 1.54) is 0 Å². The number of nitrogens with two attached hydrogens (primary N) is 1. The fourth-order valence-corrected chi connectivity index (χ4v) is 0.661. The molecular weight excluding hydrogens is 175 g/mol. The summed E-state index contributed by atoms with van der Waals surface area (Å²) in [5.74, 6) is -0.617. The number of hydrogen-bond donors (Lipinski definition) is 4. The van der Waals surface area contributed by atoms with Gasteiger partial charge in [0.2, 0.25) is 0 Å². The van der Waals surface area contributed by atoms with E-state index < -0.39 is 24.1 Å². The van der Waals surface area contributed by atoms with E-state index in [-0.39, 0.29) is 29.6 Å². The quantitative estimate of drug-likeness (QED) is 0.259. The van der Waals surface area contributed by atoms with E-state index in [0.29, 0.717) is 0 Å². The SMILES string of the molecule is NC(=O)NC1NC(=O)NC1=O.[NaH]. The molecule has 62 valence electrons. The minimum absolute atomic E-state index is 0. The van der Waals surface area contributed by atoms with Gasteiger partial charge < -0.3 is 16.4 Å². The maximum atomic E-state index is 10.7. The van der Waals surface area contributed by atoms with Crippen LogP contribution in [0.3, 0.4) is 0 Å². The van der Waals surface area contributed by atoms with Crippen molar-refractivity contribution in [3.8, 4) is 0 Å². The molecule has 0 spiro atoms. The summed E-state index contributed by atoms with van der Waals surface area (Å²) < 4.78 is 0. The number of urea groups is 2. The number of hydrogen-bond acceptors (Lipinski definition) is 3. The molecule has 0 aromatic carbocycles. The number of carbonyl (C=O) groups excluding carboxylic acids is 3. The summed E-state index contributed by atoms with van der Waals surface area (Å²) in [6, 6.07) is -1.51. The number of nitrogens with one attached hydrogen (secondary N) is 3. The van der Waals surface area contributed by atoms with E-state index in [4.69, 9.17) is 5.73 Å². The number of carbonyl (C=O) groups is 3. The molecule has 5 amide bonds. The summed E-state index contributed by atoms with van der Waals surface area (Å²) >= 11 is 0. The average Bonchev–Trinajstić information content (AvgIpc) is 2.09. The molecule has 1 saturated heterocycles. The van der Waals surface area contributed by atoms with Gasteiger partial charge in [-0.05, 0) is 0 Å². The Hall–Kier alpha value is -0.790. The molecule has 8 heteroatoms. The van der Waals surface area contributed by atoms with Gasteiger partial charge in [0.15, 0.2) is 6.17 Å². The number of primary amides is 1. The third kappa shape index (κ3) is 2.68. The molecule has 1 fully saturated rings. The fourth-order valence-electron chi connectivity index (χ4n) is 0.661. The van der Waals surface area contributed by atoms with Crippen molar-refractivity contribution in [3.05, 3.63) is 0 Å². The molecule has 1 atom stereocenters. The first-order chi connectivity index (χ1) is 5.09. The van der Waals surface area contributed by atoms with Crippen molar-refractivity contribution in [2.45, 2.75) is 6.17 Å². The van der Waals surface area contributed by atoms with Gasteiger partial charge in [0, 0.05) is 0 Å². The first-order valence-corrected chi connectivity index (χ1v) is 2.77. The van der Waals surface area contributed by atoms with Crippen molar-refractivity contribution in [2.75, 3.05) is 0 Å². The van der Waals surface area contributed by atoms with Crippen LogP contribution in [-0.4, -0.2) is 53.7 Å². The molecule has 1 aliphatic rings. The summed E-state index contributed by atoms with van der Waals surface area (Å²) in [7, 11) is 0. The molecule has 1 aliphatic heterocycles. The Morgan fingerprint density at radius 1 is 1.50 bits per heavy atom. The molecule has 12 heavy (non-hydrogen) atoms. The van der Waals surface area contributed by atoms with E-state index >= 15 is 0 Å². The Kier molecular flexibility index (Phi) is 4.01. The molecule has 1 unspecified atom stereocenters. The Labute approximate surface area is 89.7 Å². The van der Waals surface area contributed by atoms with Crippen molar-refractivity contribution in [1.29, 1.82) is 0 Å². The molecule has 7 nitrogen and oxygen atoms in total. The number of rotatable bonds is 1. The van der Waals surface area contributed by atoms with Crippen molar-refractivity contribution < 1.29 is 14.4 Å². The summed E-state index contributed by atoms with van der Waals surface area (Å²) in [6.07, 6.45) is -1.04. The van der Waals surface area contributed by atoms with Crippen LogP contribution in [-0.2, 0) is 4.79 Å². The molecule has 1 heterocycles. The molecule has 0 aromatic heterocycles. The number of imide groups is 1. The zero-order valence-electron chi connectivity index (χ0n) is 5.38. The third-order valence-corrected chi connectivity index (χ3v) is 1.06. The summed E-state index contributed by atoms with van der Waals surface area (Å²) in [4.78, 5) is 31.3. The van der Waals surface area contributed by atoms with Gasteiger partial charge in [0.1, 0.15) is 0 Å². The minimum atomic E-state index is -1.04. The molecule has 0 saturated carbocycles. The van der Waals surface area contributed by atoms with Gasteiger partial charge in [-0.3, -0.25) is 10.1 Å². The first-order valence-electron chi connectivity index (χ1n) is 2.77. The Balaban J connectivity index is 0.00000121. The molecule has 0 aromatic rings. The number of amides is 5. The van der Waals surface area contributed by atoms with Crippen LogP contribution in [0.15, 0.2) is 0 Å². The molecule has 5 N–H and O–H groups in total. The van der Waals surface area contributed by atoms with Gasteiger partial charge in [0.25, 0.3) is 5.91 Å². The summed E-state index contributed by atoms with van der Waals surface area (Å²) in [5, 5.41) is 6.05. The van der Waals surface area contributed by atoms with Gasteiger partial charge in [0.05, 0.1) is 0 Å². The van der Waals surface area contributed by atoms with Crippen LogP contribution < -0.4 is 21.7 Å². The first kappa shape index (κ1) is 11.2. The van der Waals surface area contributed by atoms with Gasteiger partial charge in [-0.1, -0.05) is 0 Å². The zero-order valence-corrected chi connectivity index (χ0v) is 5.38. The van der Waals surface area contributed by atoms with E-state index in [2.05, 4.69) is 5.32 Å². The van der Waals surface area contributed by atoms with Gasteiger partial charge >= 0.3 is 41.6 Å². The van der Waals surface area contributed by atoms with Crippen LogP contribution in [0.2, 0.25) is 0 Å². The summed E-state index contributed by atoms with van der Waals surface area (Å²) in [6.45, 7) is 0. The van der Waals surface area contributed by atoms with E-state index in [1.54, 1.807) is 0 Å². The topological polar surface area (TPSA) is 113 Å². The molecular formula is C4H7N4NaO3. The van der Waals surface area contributed by atoms with E-state index in [0.717, 1.165) is 0 Å². The monoisotopic (exact) mass is 182 g/mol. The standard InChI is InChI=1S/C4H6N4O3.Na.H/c5-3(10)6-1-2(9)8-4(11)7-1;;/h1H,(H3,5,6,10)(H2,7,8,9,11);;. The average molecular weight is 182 g/mol. The van der Waals surface area contributed by atoms with Gasteiger partial charge in [-0.15, -0.1) is 0 Å². The van der Waals surface area contributed by atoms with E-state index in [9.17, 15) is 14.4 Å². The third-order valence-electron chi connectivity index (χ3n) is 1.06. The molecule has 0 radical (unpaired) electrons. The molecule has 1 rings (SSSR count). The predicted molar refractivity (Wildman–Crippen MR) is 40.3 cm³/mol. The van der Waals surface area contributed by atoms with Gasteiger partial charge in [-0.25, -0.2) is 9.59 Å². The van der Waals surface area contributed by atoms with Gasteiger partial charge in [-0.2, -0.15) is 0 Å². The second kappa shape index (κ2) is 4.29. The Morgan fingerprint density at radius 2 is 2.08 bits per heavy atom. The zero-order chi connectivity index (χ0) is 8.43. The second-order valence-corrected chi connectivity index (χ2v) is 1.90.